The highest BCUT2D eigenvalue weighted by atomic mass is 16.5. The van der Waals surface area contributed by atoms with Gasteiger partial charge in [-0.3, -0.25) is 5.32 Å². The molecule has 0 fully saturated rings. The van der Waals surface area contributed by atoms with Gasteiger partial charge < -0.3 is 15.6 Å². The highest BCUT2D eigenvalue weighted by Gasteiger charge is 2.19. The van der Waals surface area contributed by atoms with Crippen molar-refractivity contribution in [3.63, 3.8) is 0 Å². The largest absolute Gasteiger partial charge is 0.465 e. The summed E-state index contributed by atoms with van der Waals surface area (Å²) in [5.74, 6) is 0.112. The number of carbonyl (C=O) groups excluding carboxylic acids is 1. The van der Waals surface area contributed by atoms with Crippen molar-refractivity contribution in [2.45, 2.75) is 13.3 Å². The molecule has 0 aliphatic heterocycles. The number of nitrogens with one attached hydrogen (secondary N) is 1. The van der Waals surface area contributed by atoms with Gasteiger partial charge in [-0.25, -0.2) is 9.59 Å². The minimum absolute atomic E-state index is 0.112. The molecule has 0 saturated carbocycles. The van der Waals surface area contributed by atoms with E-state index in [1.165, 1.54) is 0 Å². The Morgan fingerprint density at radius 2 is 1.86 bits per heavy atom. The molecule has 4 N–H and O–H groups in total. The minimum Gasteiger partial charge on any atom is -0.465 e. The van der Waals surface area contributed by atoms with Crippen molar-refractivity contribution in [3.05, 3.63) is 48.0 Å². The maximum absolute atomic E-state index is 11.2. The summed E-state index contributed by atoms with van der Waals surface area (Å²) >= 11 is 0. The van der Waals surface area contributed by atoms with Gasteiger partial charge >= 0.3 is 12.2 Å². The van der Waals surface area contributed by atoms with Crippen molar-refractivity contribution < 1.29 is 19.4 Å². The third-order valence-electron chi connectivity index (χ3n) is 3.13. The predicted octanol–water partition coefficient (Wildman–Crippen LogP) is 3.46. The summed E-state index contributed by atoms with van der Waals surface area (Å²) in [5, 5.41) is 11.2. The van der Waals surface area contributed by atoms with Crippen LogP contribution in [0.2, 0.25) is 0 Å². The second-order valence-electron chi connectivity index (χ2n) is 4.55. The highest BCUT2D eigenvalue weighted by Crippen LogP contribution is 2.39. The Kier molecular flexibility index (Phi) is 4.63. The first-order valence-corrected chi connectivity index (χ1v) is 6.71. The number of hydrogen-bond donors (Lipinski definition) is 3. The molecule has 0 spiro atoms. The van der Waals surface area contributed by atoms with Gasteiger partial charge in [0.1, 0.15) is 0 Å². The van der Waals surface area contributed by atoms with Crippen LogP contribution in [0.15, 0.2) is 42.5 Å². The summed E-state index contributed by atoms with van der Waals surface area (Å²) < 4.78 is 5.09. The van der Waals surface area contributed by atoms with Crippen LogP contribution in [0.3, 0.4) is 0 Å². The van der Waals surface area contributed by atoms with E-state index in [0.717, 1.165) is 11.1 Å². The Hall–Kier alpha value is -3.02. The summed E-state index contributed by atoms with van der Waals surface area (Å²) in [6.07, 6.45) is -1.57. The molecule has 2 aromatic carbocycles. The topological polar surface area (TPSA) is 102 Å². The number of carbonyl (C=O) groups is 2. The van der Waals surface area contributed by atoms with E-state index in [4.69, 9.17) is 15.6 Å². The van der Waals surface area contributed by atoms with Crippen LogP contribution in [0, 0.1) is 0 Å². The van der Waals surface area contributed by atoms with E-state index >= 15 is 0 Å². The molecule has 0 bridgehead atoms. The fourth-order valence-electron chi connectivity index (χ4n) is 2.26. The molecule has 2 rings (SSSR count). The zero-order chi connectivity index (χ0) is 16.1. The van der Waals surface area contributed by atoms with E-state index in [-0.39, 0.29) is 11.4 Å². The number of ether oxygens (including phenoxy) is 1. The Morgan fingerprint density at radius 1 is 1.18 bits per heavy atom. The van der Waals surface area contributed by atoms with Crippen LogP contribution in [-0.2, 0) is 6.42 Å². The van der Waals surface area contributed by atoms with Crippen molar-refractivity contribution >= 4 is 17.9 Å². The molecule has 0 heterocycles. The van der Waals surface area contributed by atoms with Crippen molar-refractivity contribution in [2.75, 3.05) is 5.32 Å². The molecule has 0 radical (unpaired) electrons. The lowest BCUT2D eigenvalue weighted by Gasteiger charge is -2.17. The van der Waals surface area contributed by atoms with Crippen LogP contribution < -0.4 is 15.8 Å². The lowest BCUT2D eigenvalue weighted by atomic mass is 9.96. The van der Waals surface area contributed by atoms with Gasteiger partial charge in [-0.2, -0.15) is 0 Å². The number of hydrogen-bond acceptors (Lipinski definition) is 3. The quantitative estimate of drug-likeness (QED) is 0.804. The maximum atomic E-state index is 11.2. The molecular formula is C16H16N2O4. The first-order chi connectivity index (χ1) is 10.5. The first kappa shape index (κ1) is 15.4. The molecule has 6 heteroatoms. The molecule has 2 amide bonds. The summed E-state index contributed by atoms with van der Waals surface area (Å²) in [6.45, 7) is 1.96. The number of amides is 2. The van der Waals surface area contributed by atoms with Crippen molar-refractivity contribution in [3.8, 4) is 16.9 Å². The predicted molar refractivity (Wildman–Crippen MR) is 83.1 cm³/mol. The van der Waals surface area contributed by atoms with Crippen LogP contribution in [0.4, 0.5) is 15.3 Å². The van der Waals surface area contributed by atoms with E-state index in [2.05, 4.69) is 5.32 Å². The lowest BCUT2D eigenvalue weighted by Crippen LogP contribution is -2.19. The van der Waals surface area contributed by atoms with E-state index in [1.54, 1.807) is 12.1 Å². The van der Waals surface area contributed by atoms with Crippen LogP contribution in [0.25, 0.3) is 11.1 Å². The zero-order valence-electron chi connectivity index (χ0n) is 12.0. The van der Waals surface area contributed by atoms with Crippen LogP contribution >= 0.6 is 0 Å². The number of anilines is 1. The molecule has 0 aliphatic rings. The number of rotatable bonds is 4. The van der Waals surface area contributed by atoms with Crippen molar-refractivity contribution in [2.24, 2.45) is 5.73 Å². The van der Waals surface area contributed by atoms with Gasteiger partial charge in [0.2, 0.25) is 0 Å². The van der Waals surface area contributed by atoms with Gasteiger partial charge in [0.05, 0.1) is 5.69 Å². The number of primary amides is 1. The summed E-state index contributed by atoms with van der Waals surface area (Å²) in [7, 11) is 0. The molecule has 6 nitrogen and oxygen atoms in total. The summed E-state index contributed by atoms with van der Waals surface area (Å²) in [6, 6.07) is 12.6. The number of carboxylic acid groups (broad SMARTS) is 1. The van der Waals surface area contributed by atoms with Crippen LogP contribution in [0.1, 0.15) is 12.5 Å². The fourth-order valence-corrected chi connectivity index (χ4v) is 2.26. The molecule has 114 valence electrons. The van der Waals surface area contributed by atoms with E-state index in [0.29, 0.717) is 12.0 Å². The minimum atomic E-state index is -1.25. The van der Waals surface area contributed by atoms with Crippen LogP contribution in [0.5, 0.6) is 5.75 Å². The number of benzene rings is 2. The van der Waals surface area contributed by atoms with Crippen LogP contribution in [-0.4, -0.2) is 17.3 Å². The van der Waals surface area contributed by atoms with Crippen molar-refractivity contribution in [1.29, 1.82) is 0 Å². The number of aryl methyl sites for hydroxylation is 1. The standard InChI is InChI=1S/C16H16N2O4/c1-2-10-8-9-12(18-16(20)21)14(22-15(17)19)13(10)11-6-4-3-5-7-11/h3-9,18H,2H2,1H3,(H2,17,19)(H,20,21). The monoisotopic (exact) mass is 300 g/mol. The SMILES string of the molecule is CCc1ccc(NC(=O)O)c(OC(N)=O)c1-c1ccccc1. The van der Waals surface area contributed by atoms with Gasteiger partial charge in [0.15, 0.2) is 5.75 Å². The van der Waals surface area contributed by atoms with Gasteiger partial charge in [-0.05, 0) is 23.6 Å². The van der Waals surface area contributed by atoms with Gasteiger partial charge in [0, 0.05) is 5.56 Å². The molecule has 2 aromatic rings. The Labute approximate surface area is 127 Å². The summed E-state index contributed by atoms with van der Waals surface area (Å²) in [4.78, 5) is 22.1. The Bertz CT molecular complexity index is 699. The highest BCUT2D eigenvalue weighted by molar-refractivity contribution is 5.91. The average molecular weight is 300 g/mol. The third-order valence-corrected chi connectivity index (χ3v) is 3.13. The summed E-state index contributed by atoms with van der Waals surface area (Å²) in [5.41, 5.74) is 7.67. The lowest BCUT2D eigenvalue weighted by molar-refractivity contribution is 0.207. The first-order valence-electron chi connectivity index (χ1n) is 6.71. The maximum Gasteiger partial charge on any atom is 0.410 e. The molecule has 0 atom stereocenters. The fraction of sp³-hybridized carbons (Fsp3) is 0.125. The molecule has 0 aliphatic carbocycles. The Balaban J connectivity index is 2.70. The van der Waals surface area contributed by atoms with E-state index < -0.39 is 12.2 Å². The third kappa shape index (κ3) is 3.35. The number of nitrogens with two attached hydrogens (primary N) is 1. The van der Waals surface area contributed by atoms with Gasteiger partial charge in [-0.1, -0.05) is 43.3 Å². The van der Waals surface area contributed by atoms with Crippen molar-refractivity contribution in [1.82, 2.24) is 0 Å². The van der Waals surface area contributed by atoms with E-state index in [9.17, 15) is 9.59 Å². The smallest absolute Gasteiger partial charge is 0.410 e. The zero-order valence-corrected chi connectivity index (χ0v) is 12.0. The second kappa shape index (κ2) is 6.62. The molecule has 0 unspecified atom stereocenters. The van der Waals surface area contributed by atoms with Gasteiger partial charge in [0.25, 0.3) is 0 Å². The molecule has 0 aromatic heterocycles. The molecular weight excluding hydrogens is 284 g/mol. The molecule has 22 heavy (non-hydrogen) atoms. The Morgan fingerprint density at radius 3 is 2.41 bits per heavy atom. The normalized spacial score (nSPS) is 10.0. The average Bonchev–Trinajstić information content (AvgIpc) is 2.48. The van der Waals surface area contributed by atoms with E-state index in [1.807, 2.05) is 37.3 Å². The van der Waals surface area contributed by atoms with Gasteiger partial charge in [-0.15, -0.1) is 0 Å². The molecule has 0 saturated heterocycles. The second-order valence-corrected chi connectivity index (χ2v) is 4.55.